The first-order valence-electron chi connectivity index (χ1n) is 8.37. The molecule has 4 rings (SSSR count). The Bertz CT molecular complexity index is 1190. The van der Waals surface area contributed by atoms with Gasteiger partial charge in [0.1, 0.15) is 11.5 Å². The van der Waals surface area contributed by atoms with Crippen LogP contribution in [0.4, 0.5) is 4.39 Å². The van der Waals surface area contributed by atoms with E-state index in [0.717, 1.165) is 20.5 Å². The molecule has 0 aliphatic rings. The van der Waals surface area contributed by atoms with Crippen LogP contribution in [0.25, 0.3) is 16.3 Å². The first-order valence-corrected chi connectivity index (χ1v) is 10.5. The van der Waals surface area contributed by atoms with E-state index in [1.807, 2.05) is 24.4 Å². The van der Waals surface area contributed by atoms with E-state index in [4.69, 9.17) is 12.2 Å². The molecule has 0 spiro atoms. The quantitative estimate of drug-likeness (QED) is 0.433. The number of hydrogen-bond donors (Lipinski definition) is 2. The number of hydrogen-bond acceptors (Lipinski definition) is 5. The molecule has 4 aromatic rings. The number of amides is 1. The van der Waals surface area contributed by atoms with Crippen LogP contribution in [-0.2, 0) is 6.54 Å². The van der Waals surface area contributed by atoms with Gasteiger partial charge in [-0.3, -0.25) is 9.36 Å². The maximum atomic E-state index is 13.2. The number of benzene rings is 1. The van der Waals surface area contributed by atoms with Crippen molar-refractivity contribution in [1.29, 1.82) is 0 Å². The van der Waals surface area contributed by atoms with Gasteiger partial charge in [-0.1, -0.05) is 0 Å². The standard InChI is InChI=1S/C19H15FN4OS3/c1-11-23-15(10-27-11)17-7-6-14(28-17)8-21-18(25)16-9-22-19(26)24(16)13-4-2-12(20)3-5-13/h2-7,9-10H,8H2,1H3,(H,21,25)(H,22,26). The molecule has 9 heteroatoms. The Kier molecular flexibility index (Phi) is 5.21. The van der Waals surface area contributed by atoms with Gasteiger partial charge in [0, 0.05) is 22.1 Å². The van der Waals surface area contributed by atoms with E-state index in [2.05, 4.69) is 15.3 Å². The molecule has 2 N–H and O–H groups in total. The maximum absolute atomic E-state index is 13.2. The third kappa shape index (κ3) is 3.82. The molecule has 142 valence electrons. The molecule has 0 bridgehead atoms. The average Bonchev–Trinajstić information content (AvgIpc) is 3.40. The predicted octanol–water partition coefficient (Wildman–Crippen LogP) is 5.10. The third-order valence-corrected chi connectivity index (χ3v) is 6.23. The number of carbonyl (C=O) groups is 1. The van der Waals surface area contributed by atoms with E-state index in [1.54, 1.807) is 45.6 Å². The van der Waals surface area contributed by atoms with Gasteiger partial charge in [-0.25, -0.2) is 9.37 Å². The van der Waals surface area contributed by atoms with Crippen molar-refractivity contribution in [2.45, 2.75) is 13.5 Å². The minimum atomic E-state index is -0.347. The normalized spacial score (nSPS) is 10.9. The zero-order chi connectivity index (χ0) is 19.7. The van der Waals surface area contributed by atoms with Gasteiger partial charge in [-0.15, -0.1) is 22.7 Å². The molecule has 5 nitrogen and oxygen atoms in total. The lowest BCUT2D eigenvalue weighted by molar-refractivity contribution is 0.0944. The number of aromatic nitrogens is 3. The second-order valence-corrected chi connectivity index (χ2v) is 8.61. The molecule has 0 fully saturated rings. The smallest absolute Gasteiger partial charge is 0.270 e. The number of aromatic amines is 1. The first-order chi connectivity index (χ1) is 13.5. The number of thiazole rings is 1. The van der Waals surface area contributed by atoms with Gasteiger partial charge in [0.15, 0.2) is 4.77 Å². The highest BCUT2D eigenvalue weighted by molar-refractivity contribution is 7.71. The summed E-state index contributed by atoms with van der Waals surface area (Å²) >= 11 is 8.48. The van der Waals surface area contributed by atoms with Crippen molar-refractivity contribution in [2.75, 3.05) is 0 Å². The number of imidazole rings is 1. The number of rotatable bonds is 5. The zero-order valence-electron chi connectivity index (χ0n) is 14.7. The fourth-order valence-electron chi connectivity index (χ4n) is 2.73. The Morgan fingerprint density at radius 2 is 2.07 bits per heavy atom. The van der Waals surface area contributed by atoms with Crippen molar-refractivity contribution in [3.63, 3.8) is 0 Å². The molecule has 3 heterocycles. The Labute approximate surface area is 173 Å². The van der Waals surface area contributed by atoms with Gasteiger partial charge < -0.3 is 10.3 Å². The summed E-state index contributed by atoms with van der Waals surface area (Å²) in [6.45, 7) is 2.37. The molecule has 3 aromatic heterocycles. The lowest BCUT2D eigenvalue weighted by Gasteiger charge is -2.08. The molecule has 0 radical (unpaired) electrons. The lowest BCUT2D eigenvalue weighted by atomic mass is 10.3. The van der Waals surface area contributed by atoms with Crippen molar-refractivity contribution in [3.05, 3.63) is 74.1 Å². The second-order valence-electron chi connectivity index (χ2n) is 5.99. The molecule has 0 unspecified atom stereocenters. The van der Waals surface area contributed by atoms with Crippen molar-refractivity contribution >= 4 is 40.8 Å². The summed E-state index contributed by atoms with van der Waals surface area (Å²) in [5.41, 5.74) is 1.94. The summed E-state index contributed by atoms with van der Waals surface area (Å²) in [5.74, 6) is -0.614. The highest BCUT2D eigenvalue weighted by atomic mass is 32.1. The topological polar surface area (TPSA) is 62.7 Å². The number of H-pyrrole nitrogens is 1. The van der Waals surface area contributed by atoms with Crippen LogP contribution in [0, 0.1) is 17.5 Å². The minimum Gasteiger partial charge on any atom is -0.346 e. The average molecular weight is 431 g/mol. The lowest BCUT2D eigenvalue weighted by Crippen LogP contribution is -2.24. The Hall–Kier alpha value is -2.62. The molecule has 0 saturated heterocycles. The van der Waals surface area contributed by atoms with Crippen LogP contribution >= 0.6 is 34.9 Å². The number of thiophene rings is 1. The predicted molar refractivity (Wildman–Crippen MR) is 112 cm³/mol. The maximum Gasteiger partial charge on any atom is 0.270 e. The zero-order valence-corrected chi connectivity index (χ0v) is 17.2. The van der Waals surface area contributed by atoms with Crippen LogP contribution in [0.2, 0.25) is 0 Å². The Morgan fingerprint density at radius 1 is 1.29 bits per heavy atom. The summed E-state index contributed by atoms with van der Waals surface area (Å²) in [4.78, 5) is 22.2. The molecular formula is C19H15FN4OS3. The van der Waals surface area contributed by atoms with Crippen LogP contribution in [0.15, 0.2) is 48.0 Å². The molecule has 28 heavy (non-hydrogen) atoms. The van der Waals surface area contributed by atoms with Crippen LogP contribution < -0.4 is 5.32 Å². The van der Waals surface area contributed by atoms with Crippen LogP contribution in [0.1, 0.15) is 20.4 Å². The molecule has 1 aromatic carbocycles. The molecule has 0 saturated carbocycles. The van der Waals surface area contributed by atoms with Crippen molar-refractivity contribution in [2.24, 2.45) is 0 Å². The Morgan fingerprint density at radius 3 is 2.79 bits per heavy atom. The molecule has 0 aliphatic heterocycles. The van der Waals surface area contributed by atoms with Gasteiger partial charge in [-0.2, -0.15) is 0 Å². The second kappa shape index (κ2) is 7.78. The van der Waals surface area contributed by atoms with Crippen LogP contribution in [0.5, 0.6) is 0 Å². The van der Waals surface area contributed by atoms with E-state index in [1.165, 1.54) is 12.1 Å². The SMILES string of the molecule is Cc1nc(-c2ccc(CNC(=O)c3c[nH]c(=S)n3-c3ccc(F)cc3)s2)cs1. The summed E-state index contributed by atoms with van der Waals surface area (Å²) < 4.78 is 15.2. The minimum absolute atomic E-state index is 0.267. The highest BCUT2D eigenvalue weighted by Crippen LogP contribution is 2.29. The van der Waals surface area contributed by atoms with Crippen molar-refractivity contribution < 1.29 is 9.18 Å². The third-order valence-electron chi connectivity index (χ3n) is 4.05. The summed E-state index contributed by atoms with van der Waals surface area (Å²) in [6, 6.07) is 9.82. The highest BCUT2D eigenvalue weighted by Gasteiger charge is 2.15. The number of carbonyl (C=O) groups excluding carboxylic acids is 1. The van der Waals surface area contributed by atoms with Gasteiger partial charge >= 0.3 is 0 Å². The fourth-order valence-corrected chi connectivity index (χ4v) is 4.59. The largest absolute Gasteiger partial charge is 0.346 e. The summed E-state index contributed by atoms with van der Waals surface area (Å²) in [5, 5.41) is 5.96. The molecule has 1 amide bonds. The van der Waals surface area contributed by atoms with E-state index in [9.17, 15) is 9.18 Å². The molecule has 0 atom stereocenters. The van der Waals surface area contributed by atoms with E-state index < -0.39 is 0 Å². The number of halogens is 1. The van der Waals surface area contributed by atoms with E-state index in [0.29, 0.717) is 22.7 Å². The van der Waals surface area contributed by atoms with E-state index >= 15 is 0 Å². The monoisotopic (exact) mass is 430 g/mol. The van der Waals surface area contributed by atoms with Crippen molar-refractivity contribution in [1.82, 2.24) is 19.9 Å². The number of nitrogens with zero attached hydrogens (tertiary/aromatic N) is 2. The summed E-state index contributed by atoms with van der Waals surface area (Å²) in [7, 11) is 0. The van der Waals surface area contributed by atoms with Crippen molar-refractivity contribution in [3.8, 4) is 16.3 Å². The molecule has 0 aliphatic carbocycles. The first kappa shape index (κ1) is 18.7. The van der Waals surface area contributed by atoms with Gasteiger partial charge in [0.2, 0.25) is 0 Å². The van der Waals surface area contributed by atoms with Gasteiger partial charge in [-0.05, 0) is 55.5 Å². The van der Waals surface area contributed by atoms with Gasteiger partial charge in [0.05, 0.1) is 22.1 Å². The molecular weight excluding hydrogens is 415 g/mol. The van der Waals surface area contributed by atoms with Crippen LogP contribution in [0.3, 0.4) is 0 Å². The van der Waals surface area contributed by atoms with Crippen LogP contribution in [-0.4, -0.2) is 20.4 Å². The van der Waals surface area contributed by atoms with Gasteiger partial charge in [0.25, 0.3) is 5.91 Å². The summed E-state index contributed by atoms with van der Waals surface area (Å²) in [6.07, 6.45) is 1.55. The Balaban J connectivity index is 1.50. The van der Waals surface area contributed by atoms with E-state index in [-0.39, 0.29) is 11.7 Å². The number of aryl methyl sites for hydroxylation is 1. The fraction of sp³-hybridized carbons (Fsp3) is 0.105. The number of nitrogens with one attached hydrogen (secondary N) is 2.